The van der Waals surface area contributed by atoms with Gasteiger partial charge in [0.2, 0.25) is 0 Å². The molecule has 0 amide bonds. The van der Waals surface area contributed by atoms with E-state index in [9.17, 15) is 0 Å². The lowest BCUT2D eigenvalue weighted by molar-refractivity contribution is 0.149. The lowest BCUT2D eigenvalue weighted by Gasteiger charge is -2.35. The van der Waals surface area contributed by atoms with Crippen molar-refractivity contribution < 1.29 is 9.47 Å². The molecule has 2 heteroatoms. The van der Waals surface area contributed by atoms with Gasteiger partial charge in [-0.25, -0.2) is 0 Å². The molecular formula is C16H26O2. The summed E-state index contributed by atoms with van der Waals surface area (Å²) in [5, 5.41) is 0. The third kappa shape index (κ3) is 1.54. The summed E-state index contributed by atoms with van der Waals surface area (Å²) < 4.78 is 12.0. The van der Waals surface area contributed by atoms with Crippen LogP contribution in [0.25, 0.3) is 0 Å². The van der Waals surface area contributed by atoms with Gasteiger partial charge in [-0.2, -0.15) is 0 Å². The summed E-state index contributed by atoms with van der Waals surface area (Å²) in [5.74, 6) is 1.83. The minimum atomic E-state index is 0.309. The first-order chi connectivity index (χ1) is 8.71. The van der Waals surface area contributed by atoms with Crippen LogP contribution in [0.3, 0.4) is 0 Å². The smallest absolute Gasteiger partial charge is 0.0948 e. The molecule has 4 aliphatic rings. The van der Waals surface area contributed by atoms with E-state index in [4.69, 9.17) is 9.47 Å². The molecule has 2 saturated heterocycles. The zero-order valence-electron chi connectivity index (χ0n) is 11.8. The maximum absolute atomic E-state index is 5.99. The molecule has 2 nitrogen and oxygen atoms in total. The third-order valence-electron chi connectivity index (χ3n) is 6.49. The summed E-state index contributed by atoms with van der Waals surface area (Å²) in [6.45, 7) is 4.60. The second kappa shape index (κ2) is 3.73. The summed E-state index contributed by atoms with van der Waals surface area (Å²) in [7, 11) is 0. The van der Waals surface area contributed by atoms with Crippen molar-refractivity contribution in [1.82, 2.24) is 0 Å². The SMILES string of the molecule is CCC12CC(C3CCC4OC4(CC)C3)CCC1O2. The second-order valence-corrected chi connectivity index (χ2v) is 7.13. The Labute approximate surface area is 110 Å². The second-order valence-electron chi connectivity index (χ2n) is 7.13. The van der Waals surface area contributed by atoms with Gasteiger partial charge in [0, 0.05) is 0 Å². The van der Waals surface area contributed by atoms with Crippen LogP contribution in [0.2, 0.25) is 0 Å². The number of fused-ring (bicyclic) bond motifs is 2. The molecule has 2 aliphatic carbocycles. The van der Waals surface area contributed by atoms with E-state index < -0.39 is 0 Å². The summed E-state index contributed by atoms with van der Waals surface area (Å²) in [6, 6.07) is 0. The Morgan fingerprint density at radius 3 is 1.61 bits per heavy atom. The van der Waals surface area contributed by atoms with Crippen molar-refractivity contribution in [2.24, 2.45) is 11.8 Å². The van der Waals surface area contributed by atoms with Gasteiger partial charge in [-0.1, -0.05) is 13.8 Å². The Balaban J connectivity index is 1.44. The molecule has 0 spiro atoms. The minimum Gasteiger partial charge on any atom is -0.366 e. The van der Waals surface area contributed by atoms with Crippen LogP contribution in [-0.4, -0.2) is 23.4 Å². The fraction of sp³-hybridized carbons (Fsp3) is 1.00. The molecule has 102 valence electrons. The Morgan fingerprint density at radius 1 is 0.778 bits per heavy atom. The molecular weight excluding hydrogens is 224 g/mol. The molecule has 18 heavy (non-hydrogen) atoms. The van der Waals surface area contributed by atoms with E-state index in [2.05, 4.69) is 13.8 Å². The van der Waals surface area contributed by atoms with Crippen LogP contribution in [0.1, 0.15) is 65.2 Å². The molecule has 4 rings (SSSR count). The molecule has 2 aliphatic heterocycles. The molecule has 0 aromatic rings. The van der Waals surface area contributed by atoms with E-state index in [0.29, 0.717) is 23.4 Å². The lowest BCUT2D eigenvalue weighted by Crippen LogP contribution is -2.34. The summed E-state index contributed by atoms with van der Waals surface area (Å²) in [4.78, 5) is 0. The molecule has 6 unspecified atom stereocenters. The number of hydrogen-bond acceptors (Lipinski definition) is 2. The van der Waals surface area contributed by atoms with E-state index in [1.807, 2.05) is 0 Å². The Kier molecular flexibility index (Phi) is 2.43. The van der Waals surface area contributed by atoms with E-state index in [1.54, 1.807) is 0 Å². The monoisotopic (exact) mass is 250 g/mol. The van der Waals surface area contributed by atoms with Gasteiger partial charge in [0.25, 0.3) is 0 Å². The molecule has 2 heterocycles. The van der Waals surface area contributed by atoms with Crippen LogP contribution in [-0.2, 0) is 9.47 Å². The Bertz CT molecular complexity index is 321. The van der Waals surface area contributed by atoms with Gasteiger partial charge in [0.05, 0.1) is 23.4 Å². The van der Waals surface area contributed by atoms with Crippen molar-refractivity contribution in [1.29, 1.82) is 0 Å². The number of hydrogen-bond donors (Lipinski definition) is 0. The van der Waals surface area contributed by atoms with E-state index in [-0.39, 0.29) is 0 Å². The first kappa shape index (κ1) is 11.7. The first-order valence-corrected chi connectivity index (χ1v) is 8.07. The minimum absolute atomic E-state index is 0.309. The fourth-order valence-corrected chi connectivity index (χ4v) is 5.04. The molecule has 0 aromatic heterocycles. The zero-order valence-corrected chi connectivity index (χ0v) is 11.8. The normalized spacial score (nSPS) is 57.7. The van der Waals surface area contributed by atoms with Crippen molar-refractivity contribution in [2.75, 3.05) is 0 Å². The van der Waals surface area contributed by atoms with E-state index in [0.717, 1.165) is 11.8 Å². The first-order valence-electron chi connectivity index (χ1n) is 8.07. The van der Waals surface area contributed by atoms with Gasteiger partial charge in [0.1, 0.15) is 0 Å². The largest absolute Gasteiger partial charge is 0.366 e. The van der Waals surface area contributed by atoms with Gasteiger partial charge in [-0.3, -0.25) is 0 Å². The Hall–Kier alpha value is -0.0800. The predicted molar refractivity (Wildman–Crippen MR) is 70.5 cm³/mol. The lowest BCUT2D eigenvalue weighted by atomic mass is 9.67. The van der Waals surface area contributed by atoms with Crippen LogP contribution >= 0.6 is 0 Å². The van der Waals surface area contributed by atoms with Gasteiger partial charge >= 0.3 is 0 Å². The average Bonchev–Trinajstić information content (AvgIpc) is 3.29. The van der Waals surface area contributed by atoms with Crippen LogP contribution in [0.4, 0.5) is 0 Å². The number of epoxide rings is 2. The topological polar surface area (TPSA) is 25.1 Å². The van der Waals surface area contributed by atoms with E-state index >= 15 is 0 Å². The standard InChI is InChI=1S/C16H26O2/c1-3-15-9-11(5-7-13(15)17-15)12-6-8-14-16(4-2,10-12)18-14/h11-14H,3-10H2,1-2H3. The van der Waals surface area contributed by atoms with Gasteiger partial charge in [-0.15, -0.1) is 0 Å². The maximum Gasteiger partial charge on any atom is 0.0948 e. The van der Waals surface area contributed by atoms with Gasteiger partial charge < -0.3 is 9.47 Å². The summed E-state index contributed by atoms with van der Waals surface area (Å²) in [6.07, 6.45) is 11.8. The van der Waals surface area contributed by atoms with Crippen molar-refractivity contribution in [3.63, 3.8) is 0 Å². The van der Waals surface area contributed by atoms with Crippen LogP contribution < -0.4 is 0 Å². The van der Waals surface area contributed by atoms with Crippen molar-refractivity contribution in [3.05, 3.63) is 0 Å². The molecule has 2 saturated carbocycles. The molecule has 0 N–H and O–H groups in total. The van der Waals surface area contributed by atoms with Gasteiger partial charge in [-0.05, 0) is 63.2 Å². The summed E-state index contributed by atoms with van der Waals surface area (Å²) in [5.41, 5.74) is 0.618. The van der Waals surface area contributed by atoms with Crippen LogP contribution in [0, 0.1) is 11.8 Å². The molecule has 0 bridgehead atoms. The summed E-state index contributed by atoms with van der Waals surface area (Å²) >= 11 is 0. The highest BCUT2D eigenvalue weighted by molar-refractivity contribution is 5.11. The maximum atomic E-state index is 5.99. The number of ether oxygens (including phenoxy) is 2. The highest BCUT2D eigenvalue weighted by atomic mass is 16.6. The average molecular weight is 250 g/mol. The van der Waals surface area contributed by atoms with Crippen molar-refractivity contribution >= 4 is 0 Å². The molecule has 4 fully saturated rings. The third-order valence-corrected chi connectivity index (χ3v) is 6.49. The molecule has 6 atom stereocenters. The van der Waals surface area contributed by atoms with Crippen LogP contribution in [0.5, 0.6) is 0 Å². The van der Waals surface area contributed by atoms with Gasteiger partial charge in [0.15, 0.2) is 0 Å². The zero-order chi connectivity index (χ0) is 12.4. The Morgan fingerprint density at radius 2 is 1.22 bits per heavy atom. The van der Waals surface area contributed by atoms with Crippen molar-refractivity contribution in [2.45, 2.75) is 88.6 Å². The highest BCUT2D eigenvalue weighted by Crippen LogP contribution is 2.58. The van der Waals surface area contributed by atoms with E-state index in [1.165, 1.54) is 51.4 Å². The van der Waals surface area contributed by atoms with Crippen molar-refractivity contribution in [3.8, 4) is 0 Å². The number of rotatable bonds is 3. The highest BCUT2D eigenvalue weighted by Gasteiger charge is 2.62. The quantitative estimate of drug-likeness (QED) is 0.714. The molecule has 0 aromatic carbocycles. The molecule has 0 radical (unpaired) electrons. The predicted octanol–water partition coefficient (Wildman–Crippen LogP) is 3.68. The van der Waals surface area contributed by atoms with Crippen LogP contribution in [0.15, 0.2) is 0 Å². The fourth-order valence-electron chi connectivity index (χ4n) is 5.04.